The molecule has 7 nitrogen and oxygen atoms in total. The van der Waals surface area contributed by atoms with Crippen molar-refractivity contribution in [2.45, 2.75) is 19.1 Å². The average molecular weight is 435 g/mol. The predicted octanol–water partition coefficient (Wildman–Crippen LogP) is 2.79. The van der Waals surface area contributed by atoms with E-state index in [-0.39, 0.29) is 17.6 Å². The molecule has 10 heteroatoms. The summed E-state index contributed by atoms with van der Waals surface area (Å²) < 4.78 is 50.8. The first-order chi connectivity index (χ1) is 14.7. The van der Waals surface area contributed by atoms with Crippen molar-refractivity contribution in [2.24, 2.45) is 0 Å². The van der Waals surface area contributed by atoms with Crippen LogP contribution in [0, 0.1) is 0 Å². The Balaban J connectivity index is 1.75. The van der Waals surface area contributed by atoms with Gasteiger partial charge >= 0.3 is 6.18 Å². The van der Waals surface area contributed by atoms with Gasteiger partial charge in [-0.15, -0.1) is 0 Å². The predicted molar refractivity (Wildman–Crippen MR) is 107 cm³/mol. The van der Waals surface area contributed by atoms with Crippen LogP contribution in [-0.4, -0.2) is 36.2 Å². The van der Waals surface area contributed by atoms with Crippen LogP contribution in [-0.2, 0) is 23.9 Å². The van der Waals surface area contributed by atoms with Crippen molar-refractivity contribution in [2.75, 3.05) is 20.8 Å². The summed E-state index contributed by atoms with van der Waals surface area (Å²) >= 11 is 0. The largest absolute Gasteiger partial charge is 0.493 e. The second-order valence-corrected chi connectivity index (χ2v) is 6.63. The van der Waals surface area contributed by atoms with Crippen molar-refractivity contribution in [1.29, 1.82) is 0 Å². The van der Waals surface area contributed by atoms with Crippen molar-refractivity contribution in [1.82, 2.24) is 14.9 Å². The van der Waals surface area contributed by atoms with Gasteiger partial charge < -0.3 is 14.8 Å². The van der Waals surface area contributed by atoms with E-state index in [1.165, 1.54) is 32.4 Å². The number of carbonyl (C=O) groups is 1. The number of halogens is 3. The maximum Gasteiger partial charge on any atom is 0.438 e. The number of methoxy groups -OCH3 is 2. The van der Waals surface area contributed by atoms with Gasteiger partial charge in [0.2, 0.25) is 11.6 Å². The maximum absolute atomic E-state index is 13.2. The Morgan fingerprint density at radius 1 is 1.10 bits per heavy atom. The van der Waals surface area contributed by atoms with E-state index in [1.54, 1.807) is 18.2 Å². The van der Waals surface area contributed by atoms with Gasteiger partial charge in [0, 0.05) is 6.54 Å². The summed E-state index contributed by atoms with van der Waals surface area (Å²) in [4.78, 5) is 28.2. The lowest BCUT2D eigenvalue weighted by atomic mass is 10.1. The highest BCUT2D eigenvalue weighted by Gasteiger charge is 2.37. The van der Waals surface area contributed by atoms with Crippen molar-refractivity contribution >= 4 is 16.9 Å². The molecule has 3 aromatic rings. The highest BCUT2D eigenvalue weighted by Crippen LogP contribution is 2.28. The standard InChI is InChI=1S/C21H20F3N3O4/c1-30-16-8-7-13(11-17(16)31-2)9-10-25-18(28)12-27-15-6-4-3-5-14(15)26-19(20(27)29)21(22,23)24/h3-8,11H,9-10,12H2,1-2H3,(H,25,28). The minimum atomic E-state index is -4.92. The Hall–Kier alpha value is -3.56. The van der Waals surface area contributed by atoms with E-state index in [1.807, 2.05) is 6.07 Å². The van der Waals surface area contributed by atoms with Crippen LogP contribution in [0.3, 0.4) is 0 Å². The fourth-order valence-electron chi connectivity index (χ4n) is 3.12. The lowest BCUT2D eigenvalue weighted by molar-refractivity contribution is -0.142. The molecule has 1 aromatic heterocycles. The first-order valence-electron chi connectivity index (χ1n) is 9.29. The van der Waals surface area contributed by atoms with Crippen molar-refractivity contribution in [3.8, 4) is 11.5 Å². The zero-order valence-corrected chi connectivity index (χ0v) is 16.8. The smallest absolute Gasteiger partial charge is 0.438 e. The Kier molecular flexibility index (Phi) is 6.47. The third kappa shape index (κ3) is 4.96. The van der Waals surface area contributed by atoms with E-state index >= 15 is 0 Å². The molecule has 0 saturated heterocycles. The molecule has 0 bridgehead atoms. The lowest BCUT2D eigenvalue weighted by Gasteiger charge is -2.14. The quantitative estimate of drug-likeness (QED) is 0.617. The van der Waals surface area contributed by atoms with Gasteiger partial charge in [-0.25, -0.2) is 4.98 Å². The number of alkyl halides is 3. The Morgan fingerprint density at radius 3 is 2.48 bits per heavy atom. The minimum absolute atomic E-state index is 0.0208. The van der Waals surface area contributed by atoms with Crippen LogP contribution in [0.15, 0.2) is 47.3 Å². The second-order valence-electron chi connectivity index (χ2n) is 6.63. The molecule has 164 valence electrons. The zero-order chi connectivity index (χ0) is 22.6. The molecule has 1 N–H and O–H groups in total. The first kappa shape index (κ1) is 22.1. The highest BCUT2D eigenvalue weighted by atomic mass is 19.4. The number of amides is 1. The molecule has 0 aliphatic carbocycles. The third-order valence-corrected chi connectivity index (χ3v) is 4.61. The SMILES string of the molecule is COc1ccc(CCNC(=O)Cn2c(=O)c(C(F)(F)F)nc3ccccc32)cc1OC. The fourth-order valence-corrected chi connectivity index (χ4v) is 3.12. The van der Waals surface area contributed by atoms with Crippen LogP contribution in [0.5, 0.6) is 11.5 Å². The van der Waals surface area contributed by atoms with Crippen LogP contribution in [0.25, 0.3) is 11.0 Å². The number of ether oxygens (including phenoxy) is 2. The number of hydrogen-bond donors (Lipinski definition) is 1. The molecule has 31 heavy (non-hydrogen) atoms. The summed E-state index contributed by atoms with van der Waals surface area (Å²) in [6.07, 6.45) is -4.47. The molecule has 0 aliphatic rings. The molecule has 3 rings (SSSR count). The Bertz CT molecular complexity index is 1160. The molecule has 2 aromatic carbocycles. The fraction of sp³-hybridized carbons (Fsp3) is 0.286. The molecule has 0 unspecified atom stereocenters. The number of para-hydroxylation sites is 2. The maximum atomic E-state index is 13.2. The van der Waals surface area contributed by atoms with Crippen molar-refractivity contribution in [3.05, 3.63) is 64.1 Å². The van der Waals surface area contributed by atoms with Gasteiger partial charge in [-0.2, -0.15) is 13.2 Å². The van der Waals surface area contributed by atoms with Crippen LogP contribution in [0.1, 0.15) is 11.3 Å². The van der Waals surface area contributed by atoms with Crippen molar-refractivity contribution in [3.63, 3.8) is 0 Å². The number of fused-ring (bicyclic) bond motifs is 1. The van der Waals surface area contributed by atoms with E-state index in [9.17, 15) is 22.8 Å². The number of benzene rings is 2. The van der Waals surface area contributed by atoms with Gasteiger partial charge in [-0.05, 0) is 36.2 Å². The highest BCUT2D eigenvalue weighted by molar-refractivity contribution is 5.80. The molecule has 0 spiro atoms. The summed E-state index contributed by atoms with van der Waals surface area (Å²) in [5.41, 5.74) is -1.92. The number of hydrogen-bond acceptors (Lipinski definition) is 5. The van der Waals surface area contributed by atoms with Crippen LogP contribution >= 0.6 is 0 Å². The monoisotopic (exact) mass is 435 g/mol. The normalized spacial score (nSPS) is 11.4. The number of rotatable bonds is 7. The molecule has 0 radical (unpaired) electrons. The Labute approximate surface area is 175 Å². The third-order valence-electron chi connectivity index (χ3n) is 4.61. The van der Waals surface area contributed by atoms with Gasteiger partial charge in [0.1, 0.15) is 6.54 Å². The van der Waals surface area contributed by atoms with Crippen LogP contribution in [0.2, 0.25) is 0 Å². The van der Waals surface area contributed by atoms with Crippen LogP contribution < -0.4 is 20.3 Å². The molecule has 0 aliphatic heterocycles. The van der Waals surface area contributed by atoms with E-state index in [0.29, 0.717) is 17.9 Å². The summed E-state index contributed by atoms with van der Waals surface area (Å²) in [5, 5.41) is 2.62. The van der Waals surface area contributed by atoms with Gasteiger partial charge in [-0.3, -0.25) is 14.2 Å². The molecule has 1 amide bonds. The van der Waals surface area contributed by atoms with Crippen molar-refractivity contribution < 1.29 is 27.4 Å². The molecular formula is C21H20F3N3O4. The molecule has 1 heterocycles. The van der Waals surface area contributed by atoms with Gasteiger partial charge in [0.05, 0.1) is 25.3 Å². The molecular weight excluding hydrogens is 415 g/mol. The van der Waals surface area contributed by atoms with E-state index in [4.69, 9.17) is 9.47 Å². The minimum Gasteiger partial charge on any atom is -0.493 e. The number of aromatic nitrogens is 2. The van der Waals surface area contributed by atoms with E-state index in [2.05, 4.69) is 10.3 Å². The Morgan fingerprint density at radius 2 is 1.81 bits per heavy atom. The number of nitrogens with one attached hydrogen (secondary N) is 1. The van der Waals surface area contributed by atoms with Crippen LogP contribution in [0.4, 0.5) is 13.2 Å². The van der Waals surface area contributed by atoms with Gasteiger partial charge in [0.15, 0.2) is 11.5 Å². The van der Waals surface area contributed by atoms with Gasteiger partial charge in [-0.1, -0.05) is 18.2 Å². The topological polar surface area (TPSA) is 82.5 Å². The molecule has 0 atom stereocenters. The number of carbonyl (C=O) groups excluding carboxylic acids is 1. The summed E-state index contributed by atoms with van der Waals surface area (Å²) in [5.74, 6) is 0.521. The molecule has 0 saturated carbocycles. The summed E-state index contributed by atoms with van der Waals surface area (Å²) in [7, 11) is 3.03. The number of nitrogens with zero attached hydrogens (tertiary/aromatic N) is 2. The second kappa shape index (κ2) is 9.07. The zero-order valence-electron chi connectivity index (χ0n) is 16.8. The summed E-state index contributed by atoms with van der Waals surface area (Å²) in [6, 6.07) is 11.2. The lowest BCUT2D eigenvalue weighted by Crippen LogP contribution is -2.36. The summed E-state index contributed by atoms with van der Waals surface area (Å²) in [6.45, 7) is -0.338. The van der Waals surface area contributed by atoms with Gasteiger partial charge in [0.25, 0.3) is 5.56 Å². The van der Waals surface area contributed by atoms with E-state index in [0.717, 1.165) is 10.1 Å². The molecule has 0 fully saturated rings. The average Bonchev–Trinajstić information content (AvgIpc) is 2.74. The van der Waals surface area contributed by atoms with E-state index < -0.39 is 29.9 Å². The first-order valence-corrected chi connectivity index (χ1v) is 9.29.